The van der Waals surface area contributed by atoms with Crippen LogP contribution >= 0.6 is 11.3 Å². The molecule has 10 heteroatoms. The van der Waals surface area contributed by atoms with E-state index in [1.54, 1.807) is 5.48 Å². The fourth-order valence-corrected chi connectivity index (χ4v) is 4.03. The van der Waals surface area contributed by atoms with E-state index >= 15 is 0 Å². The lowest BCUT2D eigenvalue weighted by atomic mass is 10.1. The molecule has 1 atom stereocenters. The first-order valence-corrected chi connectivity index (χ1v) is 12.1. The number of unbranched alkanes of at least 4 members (excludes halogenated alkanes) is 2. The number of carbonyl (C=O) groups excluding carboxylic acids is 3. The van der Waals surface area contributed by atoms with Crippen LogP contribution in [0.4, 0.5) is 9.93 Å². The molecule has 184 valence electrons. The van der Waals surface area contributed by atoms with Gasteiger partial charge in [0.2, 0.25) is 11.8 Å². The molecule has 3 amide bonds. The molecule has 0 unspecified atom stereocenters. The fraction of sp³-hybridized carbons (Fsp3) is 0.280. The molecule has 0 saturated heterocycles. The van der Waals surface area contributed by atoms with E-state index < -0.39 is 23.9 Å². The molecule has 3 rings (SSSR count). The van der Waals surface area contributed by atoms with Gasteiger partial charge < -0.3 is 15.4 Å². The molecule has 35 heavy (non-hydrogen) atoms. The van der Waals surface area contributed by atoms with E-state index in [0.29, 0.717) is 30.8 Å². The van der Waals surface area contributed by atoms with Crippen molar-refractivity contribution in [2.24, 2.45) is 0 Å². The second-order valence-electron chi connectivity index (χ2n) is 7.79. The van der Waals surface area contributed by atoms with Crippen molar-refractivity contribution in [3.63, 3.8) is 0 Å². The van der Waals surface area contributed by atoms with Crippen LogP contribution in [0.5, 0.6) is 0 Å². The van der Waals surface area contributed by atoms with Crippen LogP contribution in [0.25, 0.3) is 11.3 Å². The molecule has 2 aromatic carbocycles. The summed E-state index contributed by atoms with van der Waals surface area (Å²) in [7, 11) is 0. The lowest BCUT2D eigenvalue weighted by Gasteiger charge is -2.17. The van der Waals surface area contributed by atoms with Crippen LogP contribution in [0.1, 0.15) is 37.7 Å². The number of hydroxylamine groups is 1. The van der Waals surface area contributed by atoms with Crippen molar-refractivity contribution in [2.45, 2.75) is 44.8 Å². The summed E-state index contributed by atoms with van der Waals surface area (Å²) in [6.45, 7) is 0.0875. The number of nitrogens with zero attached hydrogens (tertiary/aromatic N) is 1. The molecule has 1 heterocycles. The molecule has 0 aliphatic heterocycles. The Morgan fingerprint density at radius 3 is 2.40 bits per heavy atom. The Morgan fingerprint density at radius 1 is 0.971 bits per heavy atom. The molecule has 4 N–H and O–H groups in total. The molecule has 0 spiro atoms. The van der Waals surface area contributed by atoms with Crippen LogP contribution in [-0.4, -0.2) is 34.1 Å². The Hall–Kier alpha value is -3.76. The second kappa shape index (κ2) is 13.8. The summed E-state index contributed by atoms with van der Waals surface area (Å²) in [6.07, 6.45) is 1.62. The van der Waals surface area contributed by atoms with Gasteiger partial charge in [-0.05, 0) is 18.4 Å². The largest absolute Gasteiger partial charge is 0.445 e. The van der Waals surface area contributed by atoms with E-state index in [9.17, 15) is 14.4 Å². The zero-order valence-electron chi connectivity index (χ0n) is 19.1. The van der Waals surface area contributed by atoms with Crippen LogP contribution in [0, 0.1) is 0 Å². The highest BCUT2D eigenvalue weighted by Gasteiger charge is 2.22. The molecule has 9 nitrogen and oxygen atoms in total. The standard InChI is InChI=1S/C25H28N4O5S/c30-22(29-33)15-9-3-8-14-20(27-25(32)34-16-18-10-4-1-5-11-18)23(31)28-24-26-21(17-35-24)19-12-6-2-7-13-19/h1-2,4-7,10-13,17,20,33H,3,8-9,14-16H2,(H,27,32)(H,29,30)(H,26,28,31)/t20-/m0/s1. The summed E-state index contributed by atoms with van der Waals surface area (Å²) < 4.78 is 5.27. The second-order valence-corrected chi connectivity index (χ2v) is 8.64. The Morgan fingerprint density at radius 2 is 1.69 bits per heavy atom. The molecule has 0 fully saturated rings. The van der Waals surface area contributed by atoms with Gasteiger partial charge in [-0.15, -0.1) is 11.3 Å². The van der Waals surface area contributed by atoms with Gasteiger partial charge in [-0.2, -0.15) is 0 Å². The van der Waals surface area contributed by atoms with Gasteiger partial charge in [-0.25, -0.2) is 15.3 Å². The van der Waals surface area contributed by atoms with E-state index in [1.165, 1.54) is 11.3 Å². The number of rotatable bonds is 12. The third-order valence-corrected chi connectivity index (χ3v) is 5.90. The molecular weight excluding hydrogens is 468 g/mol. The topological polar surface area (TPSA) is 130 Å². The normalized spacial score (nSPS) is 11.3. The zero-order valence-corrected chi connectivity index (χ0v) is 19.9. The molecule has 0 radical (unpaired) electrons. The zero-order chi connectivity index (χ0) is 24.9. The SMILES string of the molecule is O=C(CCCCC[C@H](NC(=O)OCc1ccccc1)C(=O)Nc1nc(-c2ccccc2)cs1)NO. The lowest BCUT2D eigenvalue weighted by molar-refractivity contribution is -0.129. The van der Waals surface area contributed by atoms with E-state index in [0.717, 1.165) is 16.8 Å². The average molecular weight is 497 g/mol. The van der Waals surface area contributed by atoms with Crippen molar-refractivity contribution < 1.29 is 24.3 Å². The minimum atomic E-state index is -0.839. The highest BCUT2D eigenvalue weighted by molar-refractivity contribution is 7.14. The van der Waals surface area contributed by atoms with E-state index in [-0.39, 0.29) is 13.0 Å². The van der Waals surface area contributed by atoms with Crippen molar-refractivity contribution >= 4 is 34.4 Å². The van der Waals surface area contributed by atoms with Crippen LogP contribution in [0.2, 0.25) is 0 Å². The number of benzene rings is 2. The Bertz CT molecular complexity index is 1090. The smallest absolute Gasteiger partial charge is 0.408 e. The molecular formula is C25H28N4O5S. The molecule has 0 aliphatic carbocycles. The van der Waals surface area contributed by atoms with Crippen molar-refractivity contribution in [3.8, 4) is 11.3 Å². The number of ether oxygens (including phenoxy) is 1. The third kappa shape index (κ3) is 8.84. The Balaban J connectivity index is 1.57. The van der Waals surface area contributed by atoms with Crippen LogP contribution in [0.15, 0.2) is 66.0 Å². The minimum Gasteiger partial charge on any atom is -0.445 e. The summed E-state index contributed by atoms with van der Waals surface area (Å²) >= 11 is 1.30. The van der Waals surface area contributed by atoms with Gasteiger partial charge in [0.1, 0.15) is 12.6 Å². The first-order valence-electron chi connectivity index (χ1n) is 11.3. The van der Waals surface area contributed by atoms with Gasteiger partial charge in [-0.1, -0.05) is 73.5 Å². The number of thiazole rings is 1. The number of alkyl carbamates (subject to hydrolysis) is 1. The predicted molar refractivity (Wildman–Crippen MR) is 133 cm³/mol. The van der Waals surface area contributed by atoms with Crippen molar-refractivity contribution in [2.75, 3.05) is 5.32 Å². The number of nitrogens with one attached hydrogen (secondary N) is 3. The Labute approximate surface area is 207 Å². The Kier molecular flexibility index (Phi) is 10.2. The highest BCUT2D eigenvalue weighted by atomic mass is 32.1. The van der Waals surface area contributed by atoms with Crippen molar-refractivity contribution in [1.82, 2.24) is 15.8 Å². The maximum Gasteiger partial charge on any atom is 0.408 e. The first kappa shape index (κ1) is 25.9. The lowest BCUT2D eigenvalue weighted by Crippen LogP contribution is -2.44. The number of hydrogen-bond acceptors (Lipinski definition) is 7. The van der Waals surface area contributed by atoms with Gasteiger partial charge in [0.25, 0.3) is 0 Å². The monoisotopic (exact) mass is 496 g/mol. The van der Waals surface area contributed by atoms with Crippen molar-refractivity contribution in [3.05, 3.63) is 71.6 Å². The van der Waals surface area contributed by atoms with Crippen molar-refractivity contribution in [1.29, 1.82) is 0 Å². The van der Waals surface area contributed by atoms with Gasteiger partial charge in [0, 0.05) is 17.4 Å². The van der Waals surface area contributed by atoms with Crippen LogP contribution < -0.4 is 16.1 Å². The van der Waals surface area contributed by atoms with Gasteiger partial charge in [-0.3, -0.25) is 14.8 Å². The summed E-state index contributed by atoms with van der Waals surface area (Å²) in [5, 5.41) is 16.3. The summed E-state index contributed by atoms with van der Waals surface area (Å²) in [4.78, 5) is 41.0. The van der Waals surface area contributed by atoms with Gasteiger partial charge in [0.05, 0.1) is 5.69 Å². The molecule has 0 saturated carbocycles. The highest BCUT2D eigenvalue weighted by Crippen LogP contribution is 2.24. The third-order valence-electron chi connectivity index (χ3n) is 5.15. The number of hydrogen-bond donors (Lipinski definition) is 4. The van der Waals surface area contributed by atoms with E-state index in [1.807, 2.05) is 66.0 Å². The molecule has 0 bridgehead atoms. The maximum atomic E-state index is 13.0. The molecule has 3 aromatic rings. The van der Waals surface area contributed by atoms with Crippen LogP contribution in [0.3, 0.4) is 0 Å². The average Bonchev–Trinajstić information content (AvgIpc) is 3.36. The minimum absolute atomic E-state index is 0.0875. The summed E-state index contributed by atoms with van der Waals surface area (Å²) in [5.41, 5.74) is 4.12. The van der Waals surface area contributed by atoms with Gasteiger partial charge >= 0.3 is 6.09 Å². The summed E-state index contributed by atoms with van der Waals surface area (Å²) in [5.74, 6) is -0.858. The number of carbonyl (C=O) groups is 3. The molecule has 0 aliphatic rings. The summed E-state index contributed by atoms with van der Waals surface area (Å²) in [6, 6.07) is 18.0. The fourth-order valence-electron chi connectivity index (χ4n) is 3.31. The quantitative estimate of drug-likeness (QED) is 0.166. The molecule has 1 aromatic heterocycles. The predicted octanol–water partition coefficient (Wildman–Crippen LogP) is 4.50. The number of anilines is 1. The van der Waals surface area contributed by atoms with Crippen LogP contribution in [-0.2, 0) is 20.9 Å². The first-order chi connectivity index (χ1) is 17.0. The number of amides is 3. The number of aromatic nitrogens is 1. The van der Waals surface area contributed by atoms with E-state index in [2.05, 4.69) is 15.6 Å². The van der Waals surface area contributed by atoms with Gasteiger partial charge in [0.15, 0.2) is 5.13 Å². The van der Waals surface area contributed by atoms with E-state index in [4.69, 9.17) is 9.94 Å². The maximum absolute atomic E-state index is 13.0.